The van der Waals surface area contributed by atoms with Crippen LogP contribution in [0.15, 0.2) is 24.4 Å². The van der Waals surface area contributed by atoms with Crippen LogP contribution in [0.3, 0.4) is 0 Å². The third kappa shape index (κ3) is 2.01. The predicted octanol–water partition coefficient (Wildman–Crippen LogP) is 1.25. The molecule has 1 atom stereocenters. The Bertz CT molecular complexity index is 542. The van der Waals surface area contributed by atoms with E-state index in [1.807, 2.05) is 24.4 Å². The van der Waals surface area contributed by atoms with Crippen molar-refractivity contribution in [3.8, 4) is 0 Å². The van der Waals surface area contributed by atoms with Gasteiger partial charge in [0.1, 0.15) is 11.5 Å². The first-order chi connectivity index (χ1) is 8.33. The van der Waals surface area contributed by atoms with Gasteiger partial charge in [-0.3, -0.25) is 4.79 Å². The number of hydrogen-bond donors (Lipinski definition) is 3. The van der Waals surface area contributed by atoms with E-state index in [2.05, 4.69) is 20.6 Å². The number of hydrogen-bond acceptors (Lipinski definition) is 3. The number of rotatable bonds is 2. The molecule has 0 aliphatic carbocycles. The van der Waals surface area contributed by atoms with Crippen LogP contribution in [0.1, 0.15) is 12.8 Å². The lowest BCUT2D eigenvalue weighted by molar-refractivity contribution is -0.117. The lowest BCUT2D eigenvalue weighted by Crippen LogP contribution is -2.35. The van der Waals surface area contributed by atoms with Crippen molar-refractivity contribution in [2.24, 2.45) is 0 Å². The number of nitrogens with zero attached hydrogens (tertiary/aromatic N) is 1. The molecule has 0 bridgehead atoms. The van der Waals surface area contributed by atoms with Crippen molar-refractivity contribution >= 4 is 22.8 Å². The molecular weight excluding hydrogens is 216 g/mol. The molecule has 5 heteroatoms. The number of pyridine rings is 1. The van der Waals surface area contributed by atoms with Gasteiger partial charge in [-0.25, -0.2) is 4.98 Å². The van der Waals surface area contributed by atoms with Crippen LogP contribution in [-0.4, -0.2) is 28.5 Å². The molecule has 0 aromatic carbocycles. The van der Waals surface area contributed by atoms with Crippen LogP contribution in [0, 0.1) is 0 Å². The molecule has 0 spiro atoms. The summed E-state index contributed by atoms with van der Waals surface area (Å²) in [4.78, 5) is 19.2. The summed E-state index contributed by atoms with van der Waals surface area (Å²) in [5, 5.41) is 7.04. The van der Waals surface area contributed by atoms with Gasteiger partial charge in [-0.1, -0.05) is 0 Å². The Hall–Kier alpha value is -1.88. The van der Waals surface area contributed by atoms with Crippen LogP contribution in [0.25, 0.3) is 11.0 Å². The number of aromatic nitrogens is 2. The summed E-state index contributed by atoms with van der Waals surface area (Å²) in [5.41, 5.74) is 0.794. The molecule has 3 rings (SSSR count). The van der Waals surface area contributed by atoms with E-state index in [4.69, 9.17) is 0 Å². The third-order valence-electron chi connectivity index (χ3n) is 3.04. The van der Waals surface area contributed by atoms with Gasteiger partial charge in [-0.2, -0.15) is 0 Å². The molecule has 1 aliphatic heterocycles. The molecule has 1 unspecified atom stereocenters. The summed E-state index contributed by atoms with van der Waals surface area (Å²) in [5.74, 6) is 0.597. The van der Waals surface area contributed by atoms with E-state index < -0.39 is 0 Å². The molecule has 2 aromatic rings. The summed E-state index contributed by atoms with van der Waals surface area (Å²) < 4.78 is 0. The number of anilines is 1. The number of fused-ring (bicyclic) bond motifs is 1. The van der Waals surface area contributed by atoms with E-state index in [-0.39, 0.29) is 11.9 Å². The lowest BCUT2D eigenvalue weighted by Gasteiger charge is -2.10. The fraction of sp³-hybridized carbons (Fsp3) is 0.333. The fourth-order valence-corrected chi connectivity index (χ4v) is 2.12. The summed E-state index contributed by atoms with van der Waals surface area (Å²) in [6.45, 7) is 0.918. The molecule has 1 saturated heterocycles. The van der Waals surface area contributed by atoms with Gasteiger partial charge in [0.2, 0.25) is 5.91 Å². The van der Waals surface area contributed by atoms with Crippen molar-refractivity contribution in [1.29, 1.82) is 0 Å². The van der Waals surface area contributed by atoms with Crippen molar-refractivity contribution in [1.82, 2.24) is 15.3 Å². The van der Waals surface area contributed by atoms with Gasteiger partial charge in [-0.15, -0.1) is 0 Å². The normalized spacial score (nSPS) is 19.6. The maximum Gasteiger partial charge on any atom is 0.242 e. The Kier molecular flexibility index (Phi) is 2.53. The van der Waals surface area contributed by atoms with Crippen molar-refractivity contribution in [2.75, 3.05) is 11.9 Å². The lowest BCUT2D eigenvalue weighted by atomic mass is 10.2. The summed E-state index contributed by atoms with van der Waals surface area (Å²) >= 11 is 0. The number of amides is 1. The Morgan fingerprint density at radius 1 is 1.41 bits per heavy atom. The molecule has 1 fully saturated rings. The van der Waals surface area contributed by atoms with E-state index in [1.165, 1.54) is 0 Å². The monoisotopic (exact) mass is 230 g/mol. The van der Waals surface area contributed by atoms with Crippen LogP contribution >= 0.6 is 0 Å². The Balaban J connectivity index is 1.77. The van der Waals surface area contributed by atoms with Crippen LogP contribution < -0.4 is 10.6 Å². The van der Waals surface area contributed by atoms with Gasteiger partial charge < -0.3 is 15.6 Å². The first-order valence-corrected chi connectivity index (χ1v) is 5.81. The first kappa shape index (κ1) is 10.3. The van der Waals surface area contributed by atoms with Gasteiger partial charge in [0.05, 0.1) is 6.04 Å². The highest BCUT2D eigenvalue weighted by Gasteiger charge is 2.22. The average Bonchev–Trinajstić information content (AvgIpc) is 2.99. The number of aromatic amines is 1. The standard InChI is InChI=1S/C12H14N4O/c17-12(9-2-1-6-13-9)16-10-4-3-8-5-7-14-11(8)15-10/h3-5,7,9,13H,1-2,6H2,(H2,14,15,16,17). The number of carbonyl (C=O) groups is 1. The zero-order chi connectivity index (χ0) is 11.7. The first-order valence-electron chi connectivity index (χ1n) is 5.81. The molecular formula is C12H14N4O. The van der Waals surface area contributed by atoms with E-state index in [1.54, 1.807) is 0 Å². The zero-order valence-electron chi connectivity index (χ0n) is 9.36. The van der Waals surface area contributed by atoms with Crippen molar-refractivity contribution in [2.45, 2.75) is 18.9 Å². The number of carbonyl (C=O) groups excluding carboxylic acids is 1. The summed E-state index contributed by atoms with van der Waals surface area (Å²) in [6.07, 6.45) is 3.79. The largest absolute Gasteiger partial charge is 0.346 e. The Morgan fingerprint density at radius 2 is 2.35 bits per heavy atom. The highest BCUT2D eigenvalue weighted by molar-refractivity contribution is 5.95. The van der Waals surface area contributed by atoms with Crippen molar-refractivity contribution in [3.05, 3.63) is 24.4 Å². The molecule has 3 N–H and O–H groups in total. The zero-order valence-corrected chi connectivity index (χ0v) is 9.36. The maximum atomic E-state index is 11.9. The van der Waals surface area contributed by atoms with Crippen molar-refractivity contribution < 1.29 is 4.79 Å². The summed E-state index contributed by atoms with van der Waals surface area (Å²) in [6, 6.07) is 5.64. The number of nitrogens with one attached hydrogen (secondary N) is 3. The number of H-pyrrole nitrogens is 1. The smallest absolute Gasteiger partial charge is 0.242 e. The summed E-state index contributed by atoms with van der Waals surface area (Å²) in [7, 11) is 0. The van der Waals surface area contributed by atoms with E-state index >= 15 is 0 Å². The molecule has 17 heavy (non-hydrogen) atoms. The molecule has 88 valence electrons. The molecule has 0 saturated carbocycles. The highest BCUT2D eigenvalue weighted by atomic mass is 16.2. The molecule has 1 aliphatic rings. The molecule has 1 amide bonds. The minimum atomic E-state index is -0.0730. The van der Waals surface area contributed by atoms with Crippen molar-refractivity contribution in [3.63, 3.8) is 0 Å². The third-order valence-corrected chi connectivity index (χ3v) is 3.04. The van der Waals surface area contributed by atoms with Gasteiger partial charge >= 0.3 is 0 Å². The van der Waals surface area contributed by atoms with E-state index in [9.17, 15) is 4.79 Å². The topological polar surface area (TPSA) is 69.8 Å². The molecule has 2 aromatic heterocycles. The second-order valence-corrected chi connectivity index (χ2v) is 4.25. The fourth-order valence-electron chi connectivity index (χ4n) is 2.12. The highest BCUT2D eigenvalue weighted by Crippen LogP contribution is 2.14. The van der Waals surface area contributed by atoms with E-state index in [0.29, 0.717) is 5.82 Å². The van der Waals surface area contributed by atoms with Gasteiger partial charge in [0.25, 0.3) is 0 Å². The second kappa shape index (κ2) is 4.18. The SMILES string of the molecule is O=C(Nc1ccc2cc[nH]c2n1)C1CCCN1. The van der Waals surface area contributed by atoms with Gasteiger partial charge in [-0.05, 0) is 37.6 Å². The van der Waals surface area contributed by atoms with Crippen LogP contribution in [-0.2, 0) is 4.79 Å². The average molecular weight is 230 g/mol. The quantitative estimate of drug-likeness (QED) is 0.727. The molecule has 3 heterocycles. The minimum absolute atomic E-state index is 0.000839. The maximum absolute atomic E-state index is 11.9. The van der Waals surface area contributed by atoms with Crippen LogP contribution in [0.5, 0.6) is 0 Å². The van der Waals surface area contributed by atoms with Crippen LogP contribution in [0.2, 0.25) is 0 Å². The predicted molar refractivity (Wildman–Crippen MR) is 65.7 cm³/mol. The Labute approximate surface area is 98.6 Å². The second-order valence-electron chi connectivity index (χ2n) is 4.25. The van der Waals surface area contributed by atoms with E-state index in [0.717, 1.165) is 30.4 Å². The minimum Gasteiger partial charge on any atom is -0.346 e. The van der Waals surface area contributed by atoms with Crippen LogP contribution in [0.4, 0.5) is 5.82 Å². The molecule has 0 radical (unpaired) electrons. The Morgan fingerprint density at radius 3 is 3.18 bits per heavy atom. The van der Waals surface area contributed by atoms with Gasteiger partial charge in [0.15, 0.2) is 0 Å². The van der Waals surface area contributed by atoms with Gasteiger partial charge in [0, 0.05) is 11.6 Å². The molecule has 5 nitrogen and oxygen atoms in total.